The van der Waals surface area contributed by atoms with Crippen LogP contribution in [0, 0.1) is 0 Å². The fraction of sp³-hybridized carbons (Fsp3) is 0.520. The van der Waals surface area contributed by atoms with Gasteiger partial charge in [0.1, 0.15) is 29.5 Å². The highest BCUT2D eigenvalue weighted by atomic mass is 32.2. The summed E-state index contributed by atoms with van der Waals surface area (Å²) in [7, 11) is -4.30. The molecule has 15 heteroatoms. The molecule has 218 valence electrons. The van der Waals surface area contributed by atoms with E-state index in [1.165, 1.54) is 30.5 Å². The lowest BCUT2D eigenvalue weighted by molar-refractivity contribution is -0.0312. The molecular formula is C25H33N5O7S3. The Kier molecular flexibility index (Phi) is 8.46. The van der Waals surface area contributed by atoms with Crippen molar-refractivity contribution in [3.63, 3.8) is 0 Å². The van der Waals surface area contributed by atoms with E-state index in [1.54, 1.807) is 30.3 Å². The standard InChI is InChI=1S/C25H33N5O7S3/c1-29(2)39(32,33)21-5-3-4-20(12-21)36-17-19(31)15-26-18-14-25(37-16-18)8-10-30(11-9-25)40(34,35)22-6-7-23-24(13-22)28-38-27-23/h3-7,12-13,18-19,26,31H,8-11,14-17H2,1-2H3/t18?,19-/m0/s1. The quantitative estimate of drug-likeness (QED) is 0.343. The van der Waals surface area contributed by atoms with E-state index in [-0.39, 0.29) is 29.0 Å². The van der Waals surface area contributed by atoms with Crippen molar-refractivity contribution in [2.24, 2.45) is 0 Å². The van der Waals surface area contributed by atoms with Crippen LogP contribution in [0.5, 0.6) is 5.75 Å². The average molecular weight is 612 g/mol. The number of hydrogen-bond acceptors (Lipinski definition) is 11. The van der Waals surface area contributed by atoms with E-state index in [2.05, 4.69) is 14.1 Å². The lowest BCUT2D eigenvalue weighted by Crippen LogP contribution is -2.47. The number of aliphatic hydroxyl groups is 1. The van der Waals surface area contributed by atoms with Crippen LogP contribution in [0.1, 0.15) is 19.3 Å². The van der Waals surface area contributed by atoms with Gasteiger partial charge in [0.15, 0.2) is 0 Å². The van der Waals surface area contributed by atoms with Gasteiger partial charge in [0.2, 0.25) is 20.0 Å². The first-order chi connectivity index (χ1) is 19.0. The first-order valence-corrected chi connectivity index (χ1v) is 16.5. The Labute approximate surface area is 238 Å². The Bertz CT molecular complexity index is 1550. The zero-order chi connectivity index (χ0) is 28.5. The fourth-order valence-corrected chi connectivity index (χ4v) is 7.94. The summed E-state index contributed by atoms with van der Waals surface area (Å²) in [5, 5.41) is 13.8. The molecule has 2 fully saturated rings. The van der Waals surface area contributed by atoms with E-state index < -0.39 is 31.8 Å². The summed E-state index contributed by atoms with van der Waals surface area (Å²) in [6.07, 6.45) is 1.07. The highest BCUT2D eigenvalue weighted by molar-refractivity contribution is 7.89. The van der Waals surface area contributed by atoms with E-state index in [1.807, 2.05) is 0 Å². The van der Waals surface area contributed by atoms with Crippen LogP contribution in [0.4, 0.5) is 0 Å². The molecule has 2 aromatic carbocycles. The van der Waals surface area contributed by atoms with Crippen LogP contribution >= 0.6 is 11.7 Å². The number of hydrogen-bond donors (Lipinski definition) is 2. The normalized spacial score (nSPS) is 20.9. The molecule has 0 amide bonds. The van der Waals surface area contributed by atoms with E-state index >= 15 is 0 Å². The Balaban J connectivity index is 1.08. The van der Waals surface area contributed by atoms with Gasteiger partial charge in [-0.15, -0.1) is 0 Å². The number of piperidine rings is 1. The number of benzene rings is 2. The zero-order valence-corrected chi connectivity index (χ0v) is 24.7. The number of nitrogens with zero attached hydrogens (tertiary/aromatic N) is 4. The molecule has 2 atom stereocenters. The number of nitrogens with one attached hydrogen (secondary N) is 1. The second-order valence-corrected chi connectivity index (χ2v) is 15.0. The van der Waals surface area contributed by atoms with E-state index in [4.69, 9.17) is 9.47 Å². The molecule has 1 spiro atoms. The fourth-order valence-electron chi connectivity index (χ4n) is 5.02. The highest BCUT2D eigenvalue weighted by Gasteiger charge is 2.44. The molecule has 0 radical (unpaired) electrons. The topological polar surface area (TPSA) is 151 Å². The molecular weight excluding hydrogens is 579 g/mol. The first kappa shape index (κ1) is 29.3. The smallest absolute Gasteiger partial charge is 0.243 e. The number of rotatable bonds is 10. The first-order valence-electron chi connectivity index (χ1n) is 12.9. The van der Waals surface area contributed by atoms with Gasteiger partial charge in [-0.25, -0.2) is 21.1 Å². The minimum absolute atomic E-state index is 0.00718. The van der Waals surface area contributed by atoms with Crippen LogP contribution in [0.15, 0.2) is 52.3 Å². The van der Waals surface area contributed by atoms with E-state index in [0.29, 0.717) is 49.3 Å². The third kappa shape index (κ3) is 6.16. The van der Waals surface area contributed by atoms with Crippen molar-refractivity contribution in [3.8, 4) is 5.75 Å². The Morgan fingerprint density at radius 1 is 1.12 bits per heavy atom. The molecule has 12 nitrogen and oxygen atoms in total. The third-order valence-corrected chi connectivity index (χ3v) is 11.6. The summed E-state index contributed by atoms with van der Waals surface area (Å²) >= 11 is 1.05. The van der Waals surface area contributed by atoms with Gasteiger partial charge < -0.3 is 19.9 Å². The maximum Gasteiger partial charge on any atom is 0.243 e. The number of fused-ring (bicyclic) bond motifs is 1. The van der Waals surface area contributed by atoms with Crippen molar-refractivity contribution in [3.05, 3.63) is 42.5 Å². The van der Waals surface area contributed by atoms with E-state index in [9.17, 15) is 21.9 Å². The van der Waals surface area contributed by atoms with Crippen LogP contribution in [-0.2, 0) is 24.8 Å². The number of sulfonamides is 2. The Morgan fingerprint density at radius 2 is 1.88 bits per heavy atom. The summed E-state index contributed by atoms with van der Waals surface area (Å²) in [6.45, 7) is 1.46. The van der Waals surface area contributed by atoms with Crippen molar-refractivity contribution in [1.82, 2.24) is 22.7 Å². The van der Waals surface area contributed by atoms with Gasteiger partial charge in [0, 0.05) is 45.8 Å². The lowest BCUT2D eigenvalue weighted by atomic mass is 9.88. The van der Waals surface area contributed by atoms with Crippen LogP contribution in [0.3, 0.4) is 0 Å². The van der Waals surface area contributed by atoms with Crippen molar-refractivity contribution in [2.45, 2.75) is 46.8 Å². The summed E-state index contributed by atoms with van der Waals surface area (Å²) in [4.78, 5) is 0.338. The van der Waals surface area contributed by atoms with Crippen LogP contribution in [0.2, 0.25) is 0 Å². The minimum Gasteiger partial charge on any atom is -0.491 e. The van der Waals surface area contributed by atoms with Crippen LogP contribution in [-0.4, -0.2) is 104 Å². The Morgan fingerprint density at radius 3 is 2.62 bits per heavy atom. The van der Waals surface area contributed by atoms with Gasteiger partial charge in [-0.2, -0.15) is 13.1 Å². The molecule has 2 aliphatic heterocycles. The monoisotopic (exact) mass is 611 g/mol. The maximum absolute atomic E-state index is 13.2. The number of ether oxygens (including phenoxy) is 2. The maximum atomic E-state index is 13.2. The van der Waals surface area contributed by atoms with Gasteiger partial charge in [0.25, 0.3) is 0 Å². The molecule has 3 heterocycles. The van der Waals surface area contributed by atoms with Gasteiger partial charge in [-0.1, -0.05) is 6.07 Å². The molecule has 2 saturated heterocycles. The second kappa shape index (κ2) is 11.6. The van der Waals surface area contributed by atoms with Crippen LogP contribution in [0.25, 0.3) is 11.0 Å². The predicted octanol–water partition coefficient (Wildman–Crippen LogP) is 1.28. The molecule has 0 aliphatic carbocycles. The summed E-state index contributed by atoms with van der Waals surface area (Å²) < 4.78 is 73.8. The SMILES string of the molecule is CN(C)S(=O)(=O)c1cccc(OC[C@@H](O)CNC2COC3(CCN(S(=O)(=O)c4ccc5nsnc5c4)CC3)C2)c1. The summed E-state index contributed by atoms with van der Waals surface area (Å²) in [5.74, 6) is 0.356. The van der Waals surface area contributed by atoms with Crippen molar-refractivity contribution in [2.75, 3.05) is 46.9 Å². The third-order valence-electron chi connectivity index (χ3n) is 7.37. The Hall–Kier alpha value is -2.24. The molecule has 5 rings (SSSR count). The lowest BCUT2D eigenvalue weighted by Gasteiger charge is -2.38. The minimum atomic E-state index is -3.64. The van der Waals surface area contributed by atoms with Crippen molar-refractivity contribution in [1.29, 1.82) is 0 Å². The van der Waals surface area contributed by atoms with Crippen LogP contribution < -0.4 is 10.1 Å². The second-order valence-electron chi connectivity index (χ2n) is 10.3. The van der Waals surface area contributed by atoms with Crippen molar-refractivity contribution < 1.29 is 31.4 Å². The van der Waals surface area contributed by atoms with E-state index in [0.717, 1.165) is 22.5 Å². The molecule has 0 saturated carbocycles. The molecule has 0 bridgehead atoms. The summed E-state index contributed by atoms with van der Waals surface area (Å²) in [5.41, 5.74) is 0.860. The number of aliphatic hydroxyl groups excluding tert-OH is 1. The largest absolute Gasteiger partial charge is 0.491 e. The zero-order valence-electron chi connectivity index (χ0n) is 22.3. The molecule has 1 aromatic heterocycles. The highest BCUT2D eigenvalue weighted by Crippen LogP contribution is 2.37. The van der Waals surface area contributed by atoms with Gasteiger partial charge >= 0.3 is 0 Å². The number of aromatic nitrogens is 2. The molecule has 2 aliphatic rings. The summed E-state index contributed by atoms with van der Waals surface area (Å²) in [6, 6.07) is 11.0. The van der Waals surface area contributed by atoms with Gasteiger partial charge in [-0.05, 0) is 49.6 Å². The van der Waals surface area contributed by atoms with Gasteiger partial charge in [0.05, 0.1) is 33.7 Å². The molecule has 3 aromatic rings. The average Bonchev–Trinajstić information content (AvgIpc) is 3.57. The molecule has 40 heavy (non-hydrogen) atoms. The molecule has 1 unspecified atom stereocenters. The van der Waals surface area contributed by atoms with Gasteiger partial charge in [-0.3, -0.25) is 0 Å². The van der Waals surface area contributed by atoms with Crippen molar-refractivity contribution >= 4 is 42.8 Å². The molecule has 2 N–H and O–H groups in total. The predicted molar refractivity (Wildman–Crippen MR) is 149 cm³/mol.